The fourth-order valence-electron chi connectivity index (χ4n) is 3.22. The number of esters is 1. The number of unbranched alkanes of at least 4 members (excludes halogenated alkanes) is 6. The Hall–Kier alpha value is -2.71. The molecule has 0 fully saturated rings. The molecule has 2 aromatic rings. The average Bonchev–Trinajstić information content (AvgIpc) is 2.84. The Morgan fingerprint density at radius 1 is 1.00 bits per heavy atom. The fraction of sp³-hybridized carbons (Fsp3) is 0.385. The Bertz CT molecular complexity index is 1030. The predicted octanol–water partition coefficient (Wildman–Crippen LogP) is 6.03. The SMILES string of the molecule is CCCCCCCCCC(=O)NCC(=O)N/N=C\c1cc(Br)ccc1OC(=O)c1ccccc1Cl. The zero-order chi connectivity index (χ0) is 25.5. The standard InChI is InChI=1S/C26H31BrClN3O4/c1-2-3-4-5-6-7-8-13-24(32)29-18-25(33)31-30-17-19-16-20(27)14-15-23(19)35-26(34)21-11-9-10-12-22(21)28/h9-12,14-17H,2-8,13,18H2,1H3,(H,29,32)(H,31,33)/b30-17-. The van der Waals surface area contributed by atoms with E-state index in [4.69, 9.17) is 16.3 Å². The van der Waals surface area contributed by atoms with Gasteiger partial charge in [-0.1, -0.05) is 85.1 Å². The van der Waals surface area contributed by atoms with Gasteiger partial charge in [0.2, 0.25) is 5.91 Å². The maximum atomic E-state index is 12.5. The lowest BCUT2D eigenvalue weighted by atomic mass is 10.1. The quantitative estimate of drug-likeness (QED) is 0.0963. The molecule has 2 N–H and O–H groups in total. The van der Waals surface area contributed by atoms with Gasteiger partial charge in [-0.3, -0.25) is 9.59 Å². The highest BCUT2D eigenvalue weighted by Crippen LogP contribution is 2.24. The highest BCUT2D eigenvalue weighted by atomic mass is 79.9. The summed E-state index contributed by atoms with van der Waals surface area (Å²) in [6.07, 6.45) is 9.65. The van der Waals surface area contributed by atoms with Gasteiger partial charge in [-0.25, -0.2) is 10.2 Å². The first-order chi connectivity index (χ1) is 16.9. The van der Waals surface area contributed by atoms with Gasteiger partial charge in [0.05, 0.1) is 23.3 Å². The molecule has 7 nitrogen and oxygen atoms in total. The molecule has 2 amide bonds. The summed E-state index contributed by atoms with van der Waals surface area (Å²) in [6, 6.07) is 11.6. The normalized spacial score (nSPS) is 10.8. The first kappa shape index (κ1) is 28.5. The molecule has 0 aromatic heterocycles. The lowest BCUT2D eigenvalue weighted by molar-refractivity contribution is -0.126. The first-order valence-corrected chi connectivity index (χ1v) is 12.9. The summed E-state index contributed by atoms with van der Waals surface area (Å²) in [5.41, 5.74) is 3.06. The number of rotatable bonds is 14. The molecule has 2 aromatic carbocycles. The molecule has 0 saturated heterocycles. The maximum Gasteiger partial charge on any atom is 0.345 e. The van der Waals surface area contributed by atoms with E-state index in [0.29, 0.717) is 12.0 Å². The second kappa shape index (κ2) is 16.1. The Morgan fingerprint density at radius 2 is 1.71 bits per heavy atom. The van der Waals surface area contributed by atoms with Gasteiger partial charge in [0.1, 0.15) is 5.75 Å². The number of carbonyl (C=O) groups is 3. The zero-order valence-electron chi connectivity index (χ0n) is 19.8. The van der Waals surface area contributed by atoms with Crippen molar-refractivity contribution in [2.24, 2.45) is 5.10 Å². The molecule has 9 heteroatoms. The largest absolute Gasteiger partial charge is 0.422 e. The van der Waals surface area contributed by atoms with Crippen molar-refractivity contribution in [3.63, 3.8) is 0 Å². The van der Waals surface area contributed by atoms with Crippen molar-refractivity contribution in [3.8, 4) is 5.75 Å². The van der Waals surface area contributed by atoms with Crippen molar-refractivity contribution in [2.45, 2.75) is 58.3 Å². The van der Waals surface area contributed by atoms with Crippen molar-refractivity contribution in [2.75, 3.05) is 6.54 Å². The van der Waals surface area contributed by atoms with Gasteiger partial charge >= 0.3 is 5.97 Å². The zero-order valence-corrected chi connectivity index (χ0v) is 22.2. The van der Waals surface area contributed by atoms with E-state index in [1.807, 2.05) is 0 Å². The minimum Gasteiger partial charge on any atom is -0.422 e. The first-order valence-electron chi connectivity index (χ1n) is 11.8. The van der Waals surface area contributed by atoms with Gasteiger partial charge in [0.15, 0.2) is 0 Å². The molecule has 0 saturated carbocycles. The minimum absolute atomic E-state index is 0.154. The summed E-state index contributed by atoms with van der Waals surface area (Å²) in [5, 5.41) is 6.80. The van der Waals surface area contributed by atoms with Crippen LogP contribution in [0.2, 0.25) is 5.02 Å². The average molecular weight is 565 g/mol. The number of hydrogen-bond acceptors (Lipinski definition) is 5. The van der Waals surface area contributed by atoms with Gasteiger partial charge in [0.25, 0.3) is 5.91 Å². The Morgan fingerprint density at radius 3 is 2.46 bits per heavy atom. The number of nitrogens with one attached hydrogen (secondary N) is 2. The van der Waals surface area contributed by atoms with Gasteiger partial charge in [-0.2, -0.15) is 5.10 Å². The molecule has 2 rings (SSSR count). The van der Waals surface area contributed by atoms with Crippen LogP contribution in [0.3, 0.4) is 0 Å². The van der Waals surface area contributed by atoms with Gasteiger partial charge < -0.3 is 10.1 Å². The molecule has 0 radical (unpaired) electrons. The molecule has 0 unspecified atom stereocenters. The number of ether oxygens (including phenoxy) is 1. The van der Waals surface area contributed by atoms with Crippen LogP contribution in [0.4, 0.5) is 0 Å². The molecule has 188 valence electrons. The van der Waals surface area contributed by atoms with E-state index in [0.717, 1.165) is 23.7 Å². The van der Waals surface area contributed by atoms with Crippen LogP contribution in [0.1, 0.15) is 74.2 Å². The molecular weight excluding hydrogens is 534 g/mol. The fourth-order valence-corrected chi connectivity index (χ4v) is 3.81. The molecule has 0 aliphatic carbocycles. The number of benzene rings is 2. The van der Waals surface area contributed by atoms with Crippen LogP contribution >= 0.6 is 27.5 Å². The van der Waals surface area contributed by atoms with Crippen molar-refractivity contribution in [3.05, 3.63) is 63.1 Å². The maximum absolute atomic E-state index is 12.5. The summed E-state index contributed by atoms with van der Waals surface area (Å²) in [7, 11) is 0. The van der Waals surface area contributed by atoms with Crippen molar-refractivity contribution in [1.82, 2.24) is 10.7 Å². The van der Waals surface area contributed by atoms with Gasteiger partial charge in [-0.15, -0.1) is 0 Å². The summed E-state index contributed by atoms with van der Waals surface area (Å²) in [6.45, 7) is 2.02. The van der Waals surface area contributed by atoms with Gasteiger partial charge in [0, 0.05) is 16.5 Å². The Kier molecular flexibility index (Phi) is 13.1. The highest BCUT2D eigenvalue weighted by molar-refractivity contribution is 9.10. The molecule has 0 bridgehead atoms. The Balaban J connectivity index is 1.79. The minimum atomic E-state index is -0.611. The van der Waals surface area contributed by atoms with Crippen molar-refractivity contribution < 1.29 is 19.1 Å². The number of carbonyl (C=O) groups excluding carboxylic acids is 3. The van der Waals surface area contributed by atoms with E-state index in [2.05, 4.69) is 38.7 Å². The van der Waals surface area contributed by atoms with E-state index < -0.39 is 11.9 Å². The Labute approximate surface area is 219 Å². The monoisotopic (exact) mass is 563 g/mol. The van der Waals surface area contributed by atoms with Crippen LogP contribution < -0.4 is 15.5 Å². The third kappa shape index (κ3) is 11.0. The van der Waals surface area contributed by atoms with E-state index in [-0.39, 0.29) is 28.8 Å². The third-order valence-electron chi connectivity index (χ3n) is 5.11. The summed E-state index contributed by atoms with van der Waals surface area (Å²) < 4.78 is 6.21. The summed E-state index contributed by atoms with van der Waals surface area (Å²) in [4.78, 5) is 36.4. The van der Waals surface area contributed by atoms with Crippen molar-refractivity contribution >= 4 is 51.5 Å². The smallest absolute Gasteiger partial charge is 0.345 e. The second-order valence-electron chi connectivity index (χ2n) is 7.99. The number of hydrogen-bond donors (Lipinski definition) is 2. The summed E-state index contributed by atoms with van der Waals surface area (Å²) in [5.74, 6) is -0.975. The van der Waals surface area contributed by atoms with E-state index >= 15 is 0 Å². The molecule has 0 aliphatic heterocycles. The number of halogens is 2. The second-order valence-corrected chi connectivity index (χ2v) is 9.32. The van der Waals surface area contributed by atoms with E-state index in [1.165, 1.54) is 31.9 Å². The van der Waals surface area contributed by atoms with Crippen LogP contribution in [0, 0.1) is 0 Å². The van der Waals surface area contributed by atoms with E-state index in [1.54, 1.807) is 42.5 Å². The molecule has 0 atom stereocenters. The van der Waals surface area contributed by atoms with Crippen LogP contribution in [0.25, 0.3) is 0 Å². The lowest BCUT2D eigenvalue weighted by Crippen LogP contribution is -2.34. The van der Waals surface area contributed by atoms with Crippen LogP contribution in [-0.4, -0.2) is 30.5 Å². The van der Waals surface area contributed by atoms with E-state index in [9.17, 15) is 14.4 Å². The molecule has 0 spiro atoms. The molecule has 0 heterocycles. The highest BCUT2D eigenvalue weighted by Gasteiger charge is 2.14. The third-order valence-corrected chi connectivity index (χ3v) is 5.94. The number of hydrazone groups is 1. The van der Waals surface area contributed by atoms with Crippen LogP contribution in [0.5, 0.6) is 5.75 Å². The molecule has 0 aliphatic rings. The summed E-state index contributed by atoms with van der Waals surface area (Å²) >= 11 is 9.43. The topological polar surface area (TPSA) is 96.9 Å². The predicted molar refractivity (Wildman–Crippen MR) is 142 cm³/mol. The van der Waals surface area contributed by atoms with Crippen LogP contribution in [0.15, 0.2) is 52.0 Å². The molecular formula is C26H31BrClN3O4. The number of nitrogens with zero attached hydrogens (tertiary/aromatic N) is 1. The van der Waals surface area contributed by atoms with Gasteiger partial charge in [-0.05, 0) is 36.8 Å². The number of amides is 2. The lowest BCUT2D eigenvalue weighted by Gasteiger charge is -2.09. The molecule has 35 heavy (non-hydrogen) atoms. The van der Waals surface area contributed by atoms with Crippen molar-refractivity contribution in [1.29, 1.82) is 0 Å². The van der Waals surface area contributed by atoms with Crippen LogP contribution in [-0.2, 0) is 9.59 Å².